The Hall–Kier alpha value is -0.390. The topological polar surface area (TPSA) is 97.4 Å². The first-order valence-electron chi connectivity index (χ1n) is 24.4. The van der Waals surface area contributed by atoms with Crippen LogP contribution in [0, 0.1) is 43.8 Å². The molecule has 8 heterocycles. The van der Waals surface area contributed by atoms with Gasteiger partial charge in [-0.2, -0.15) is 11.8 Å². The molecular weight excluding hydrogens is 805 g/mol. The number of ether oxygens (including phenoxy) is 5. The number of carbonyl (C=O) groups is 1. The number of thioether (sulfide) groups is 1. The molecule has 61 heavy (non-hydrogen) atoms. The lowest BCUT2D eigenvalue weighted by Gasteiger charge is -2.31. The van der Waals surface area contributed by atoms with Gasteiger partial charge in [0.25, 0.3) is 0 Å². The van der Waals surface area contributed by atoms with Crippen LogP contribution >= 0.6 is 11.8 Å². The monoisotopic (exact) mass is 901 g/mol. The van der Waals surface area contributed by atoms with Crippen LogP contribution in [-0.2, 0) is 38.3 Å². The summed E-state index contributed by atoms with van der Waals surface area (Å²) in [6.07, 6.45) is 19.6. The van der Waals surface area contributed by atoms with E-state index in [2.05, 4.69) is 109 Å². The van der Waals surface area contributed by atoms with Gasteiger partial charge in [0.2, 0.25) is 0 Å². The van der Waals surface area contributed by atoms with E-state index in [0.717, 1.165) is 58.2 Å². The van der Waals surface area contributed by atoms with E-state index in [0.29, 0.717) is 69.9 Å². The highest BCUT2D eigenvalue weighted by atomic mass is 32.2. The number of hydrogen-bond acceptors (Lipinski definition) is 9. The molecule has 360 valence electrons. The van der Waals surface area contributed by atoms with Crippen LogP contribution in [0.5, 0.6) is 0 Å². The molecule has 4 atom stereocenters. The Balaban J connectivity index is 0.000000191. The average molecular weight is 901 g/mol. The van der Waals surface area contributed by atoms with E-state index in [1.165, 1.54) is 82.1 Å². The van der Waals surface area contributed by atoms with Gasteiger partial charge in [-0.25, -0.2) is 8.42 Å². The van der Waals surface area contributed by atoms with Crippen molar-refractivity contribution in [3.05, 3.63) is 0 Å². The first-order chi connectivity index (χ1) is 28.0. The first kappa shape index (κ1) is 54.9. The van der Waals surface area contributed by atoms with Gasteiger partial charge in [0, 0.05) is 19.8 Å². The van der Waals surface area contributed by atoms with Crippen LogP contribution in [0.4, 0.5) is 0 Å². The fourth-order valence-corrected chi connectivity index (χ4v) is 12.8. The van der Waals surface area contributed by atoms with Gasteiger partial charge in [-0.15, -0.1) is 0 Å². The summed E-state index contributed by atoms with van der Waals surface area (Å²) in [4.78, 5) is 10.7. The second-order valence-corrected chi connectivity index (χ2v) is 28.5. The maximum Gasteiger partial charge on any atom is 0.306 e. The van der Waals surface area contributed by atoms with Crippen molar-refractivity contribution in [2.75, 3.05) is 62.7 Å². The summed E-state index contributed by atoms with van der Waals surface area (Å²) in [6.45, 7) is 37.0. The summed E-state index contributed by atoms with van der Waals surface area (Å²) in [7, 11) is -2.65. The van der Waals surface area contributed by atoms with E-state index in [-0.39, 0.29) is 16.8 Å². The molecule has 0 N–H and O–H groups in total. The highest BCUT2D eigenvalue weighted by molar-refractivity contribution is 7.99. The smallest absolute Gasteiger partial charge is 0.306 e. The summed E-state index contributed by atoms with van der Waals surface area (Å²) in [5.74, 6) is 4.34. The number of rotatable bonds is 0. The molecule has 0 aromatic rings. The van der Waals surface area contributed by atoms with Crippen molar-refractivity contribution in [2.24, 2.45) is 43.8 Å². The lowest BCUT2D eigenvalue weighted by molar-refractivity contribution is -0.151. The molecule has 9 aliphatic rings. The highest BCUT2D eigenvalue weighted by Gasteiger charge is 2.46. The highest BCUT2D eigenvalue weighted by Crippen LogP contribution is 2.47. The van der Waals surface area contributed by atoms with Gasteiger partial charge in [0.1, 0.15) is 9.84 Å². The molecule has 0 aromatic heterocycles. The van der Waals surface area contributed by atoms with Crippen molar-refractivity contribution >= 4 is 27.6 Å². The van der Waals surface area contributed by atoms with Crippen LogP contribution in [0.2, 0.25) is 0 Å². The predicted molar refractivity (Wildman–Crippen MR) is 256 cm³/mol. The zero-order valence-corrected chi connectivity index (χ0v) is 43.7. The fraction of sp³-hybridized carbons (Fsp3) is 0.980. The molecule has 0 aromatic carbocycles. The van der Waals surface area contributed by atoms with Gasteiger partial charge in [-0.1, -0.05) is 110 Å². The van der Waals surface area contributed by atoms with Gasteiger partial charge < -0.3 is 23.7 Å². The van der Waals surface area contributed by atoms with Crippen LogP contribution in [0.15, 0.2) is 0 Å². The summed E-state index contributed by atoms with van der Waals surface area (Å²) >= 11 is 2.08. The summed E-state index contributed by atoms with van der Waals surface area (Å²) in [5.41, 5.74) is 3.07. The van der Waals surface area contributed by atoms with E-state index >= 15 is 0 Å². The van der Waals surface area contributed by atoms with Crippen molar-refractivity contribution in [2.45, 2.75) is 212 Å². The van der Waals surface area contributed by atoms with E-state index in [4.69, 9.17) is 23.7 Å². The Bertz CT molecular complexity index is 1350. The fourth-order valence-electron chi connectivity index (χ4n) is 9.29. The Labute approximate surface area is 380 Å². The largest absolute Gasteiger partial charge is 0.466 e. The van der Waals surface area contributed by atoms with Crippen molar-refractivity contribution in [3.8, 4) is 0 Å². The molecule has 9 rings (SSSR count). The van der Waals surface area contributed by atoms with Crippen LogP contribution < -0.4 is 0 Å². The number of carbonyl (C=O) groups excluding carboxylic acids is 1. The molecule has 1 aliphatic carbocycles. The third-order valence-electron chi connectivity index (χ3n) is 14.6. The van der Waals surface area contributed by atoms with Crippen LogP contribution in [0.1, 0.15) is 193 Å². The minimum absolute atomic E-state index is 0.0498. The van der Waals surface area contributed by atoms with Gasteiger partial charge in [-0.3, -0.25) is 4.79 Å². The van der Waals surface area contributed by atoms with Crippen LogP contribution in [0.3, 0.4) is 0 Å². The summed E-state index contributed by atoms with van der Waals surface area (Å²) < 4.78 is 48.5. The summed E-state index contributed by atoms with van der Waals surface area (Å²) in [6, 6.07) is 0. The molecule has 10 heteroatoms. The molecule has 1 saturated carbocycles. The molecule has 9 fully saturated rings. The Kier molecular flexibility index (Phi) is 21.0. The maximum atomic E-state index is 10.9. The van der Waals surface area contributed by atoms with Gasteiger partial charge in [0.15, 0.2) is 0 Å². The standard InChI is InChI=1S/C10H18O.C8H14O.C7H14O2S.C7H12O2.C7H14O.C6H12O.C6H12S/c1-10(2)7-11-9-6-4-3-5-8(9)10;1-8(2)5-6-3-4-7(8)9-6;1-7(2)3-5-10(8,9)6-4-7;1-7(2)3-4-9-6(8)5-7;1-7(2)3-5-8-6-4-7;2*1-6(2)3-4-7-5-6/h8-9H,3-7H2,1-2H3;6-7H,3-5H2,1-2H3;3-6H2,1-2H3;3-5H2,1-2H3;3-6H2,1-2H3;2*3-5H2,1-2H3. The lowest BCUT2D eigenvalue weighted by Crippen LogP contribution is -2.29. The van der Waals surface area contributed by atoms with E-state index in [1.54, 1.807) is 0 Å². The van der Waals surface area contributed by atoms with Crippen molar-refractivity contribution < 1.29 is 36.9 Å². The van der Waals surface area contributed by atoms with Gasteiger partial charge in [0.05, 0.1) is 56.1 Å². The quantitative estimate of drug-likeness (QED) is 0.220. The minimum atomic E-state index is -2.65. The average Bonchev–Trinajstić information content (AvgIpc) is 3.99. The third-order valence-corrected chi connectivity index (χ3v) is 17.8. The zero-order valence-electron chi connectivity index (χ0n) is 42.1. The molecule has 4 unspecified atom stereocenters. The van der Waals surface area contributed by atoms with Gasteiger partial charge >= 0.3 is 5.97 Å². The molecule has 8 aliphatic heterocycles. The van der Waals surface area contributed by atoms with Crippen LogP contribution in [0.25, 0.3) is 0 Å². The number of sulfone groups is 1. The van der Waals surface area contributed by atoms with Crippen LogP contribution in [-0.4, -0.2) is 95.4 Å². The van der Waals surface area contributed by atoms with Gasteiger partial charge in [-0.05, 0) is 132 Å². The molecule has 0 radical (unpaired) electrons. The molecule has 0 spiro atoms. The Morgan fingerprint density at radius 2 is 1.15 bits per heavy atom. The normalized spacial score (nSPS) is 33.1. The van der Waals surface area contributed by atoms with E-state index in [9.17, 15) is 13.2 Å². The molecular formula is C51H96O8S2. The molecule has 8 saturated heterocycles. The zero-order chi connectivity index (χ0) is 45.8. The predicted octanol–water partition coefficient (Wildman–Crippen LogP) is 12.5. The molecule has 8 nitrogen and oxygen atoms in total. The van der Waals surface area contributed by atoms with E-state index in [1.807, 2.05) is 0 Å². The maximum absolute atomic E-state index is 10.9. The van der Waals surface area contributed by atoms with Crippen molar-refractivity contribution in [1.82, 2.24) is 0 Å². The number of cyclic esters (lactones) is 1. The summed E-state index contributed by atoms with van der Waals surface area (Å²) in [5, 5.41) is 0. The third kappa shape index (κ3) is 21.2. The van der Waals surface area contributed by atoms with Crippen molar-refractivity contribution in [3.63, 3.8) is 0 Å². The number of esters is 1. The second-order valence-electron chi connectivity index (χ2n) is 25.1. The number of hydrogen-bond donors (Lipinski definition) is 0. The first-order valence-corrected chi connectivity index (χ1v) is 27.4. The Morgan fingerprint density at radius 3 is 1.48 bits per heavy atom. The lowest BCUT2D eigenvalue weighted by atomic mass is 9.72. The molecule has 0 amide bonds. The SMILES string of the molecule is CC1(C)CC2CCC1O2.CC1(C)CCOC(=O)C1.CC1(C)CCOC1.CC1(C)CCOCC1.CC1(C)CCS(=O)(=O)CC1.CC1(C)CCSC1.CC1(C)COC2CCCCC21. The Morgan fingerprint density at radius 1 is 0.574 bits per heavy atom. The number of fused-ring (bicyclic) bond motifs is 3. The van der Waals surface area contributed by atoms with E-state index < -0.39 is 9.84 Å². The minimum Gasteiger partial charge on any atom is -0.466 e. The second kappa shape index (κ2) is 23.4. The molecule has 2 bridgehead atoms. The van der Waals surface area contributed by atoms with Crippen molar-refractivity contribution in [1.29, 1.82) is 0 Å².